The highest BCUT2D eigenvalue weighted by Gasteiger charge is 2.11. The largest absolute Gasteiger partial charge is 0.330 e. The van der Waals surface area contributed by atoms with E-state index in [9.17, 15) is 0 Å². The minimum absolute atomic E-state index is 0.737. The van der Waals surface area contributed by atoms with Crippen LogP contribution < -0.4 is 5.73 Å². The van der Waals surface area contributed by atoms with E-state index in [-0.39, 0.29) is 0 Å². The number of hydrogen-bond acceptors (Lipinski definition) is 3. The summed E-state index contributed by atoms with van der Waals surface area (Å²) in [5.74, 6) is 1.97. The van der Waals surface area contributed by atoms with Gasteiger partial charge in [-0.25, -0.2) is 0 Å². The first-order valence-corrected chi connectivity index (χ1v) is 6.63. The van der Waals surface area contributed by atoms with E-state index in [2.05, 4.69) is 28.0 Å². The summed E-state index contributed by atoms with van der Waals surface area (Å²) in [4.78, 5) is 0. The Morgan fingerprint density at radius 3 is 2.79 bits per heavy atom. The number of halogens is 1. The number of rotatable bonds is 5. The second-order valence-electron chi connectivity index (χ2n) is 3.03. The second-order valence-corrected chi connectivity index (χ2v) is 4.92. The molecule has 0 bridgehead atoms. The lowest BCUT2D eigenvalue weighted by atomic mass is 10.3. The smallest absolute Gasteiger partial charge is 0.0767 e. The molecule has 1 heterocycles. The number of aryl methyl sites for hydroxylation is 2. The molecule has 0 fully saturated rings. The van der Waals surface area contributed by atoms with Gasteiger partial charge in [-0.2, -0.15) is 16.9 Å². The molecule has 0 aliphatic carbocycles. The number of nitrogens with zero attached hydrogens (tertiary/aromatic N) is 2. The normalized spacial score (nSPS) is 10.9. The minimum atomic E-state index is 0.737. The molecule has 3 nitrogen and oxygen atoms in total. The molecule has 0 amide bonds. The summed E-state index contributed by atoms with van der Waals surface area (Å²) in [6.45, 7) is 2.85. The third-order valence-corrected chi connectivity index (χ3v) is 3.92. The van der Waals surface area contributed by atoms with Crippen LogP contribution in [0.2, 0.25) is 0 Å². The van der Waals surface area contributed by atoms with Gasteiger partial charge in [0, 0.05) is 25.1 Å². The molecule has 14 heavy (non-hydrogen) atoms. The summed E-state index contributed by atoms with van der Waals surface area (Å²) in [6, 6.07) is 0. The number of nitrogens with two attached hydrogens (primary N) is 1. The zero-order valence-corrected chi connectivity index (χ0v) is 11.0. The van der Waals surface area contributed by atoms with Crippen LogP contribution in [0, 0.1) is 0 Å². The zero-order valence-electron chi connectivity index (χ0n) is 8.59. The molecular weight excluding hydrogens is 262 g/mol. The van der Waals surface area contributed by atoms with Gasteiger partial charge in [0.2, 0.25) is 0 Å². The van der Waals surface area contributed by atoms with Crippen LogP contribution in [0.15, 0.2) is 4.47 Å². The first-order valence-electron chi connectivity index (χ1n) is 4.68. The fourth-order valence-corrected chi connectivity index (χ4v) is 3.01. The van der Waals surface area contributed by atoms with Crippen molar-refractivity contribution in [2.24, 2.45) is 12.8 Å². The maximum atomic E-state index is 5.45. The number of aromatic nitrogens is 2. The monoisotopic (exact) mass is 277 g/mol. The Morgan fingerprint density at radius 1 is 1.57 bits per heavy atom. The van der Waals surface area contributed by atoms with E-state index in [1.807, 2.05) is 23.5 Å². The van der Waals surface area contributed by atoms with Gasteiger partial charge in [-0.3, -0.25) is 4.68 Å². The van der Waals surface area contributed by atoms with Crippen molar-refractivity contribution in [3.63, 3.8) is 0 Å². The molecule has 0 radical (unpaired) electrons. The van der Waals surface area contributed by atoms with Crippen molar-refractivity contribution in [3.8, 4) is 0 Å². The average molecular weight is 278 g/mol. The van der Waals surface area contributed by atoms with Crippen molar-refractivity contribution in [3.05, 3.63) is 15.9 Å². The Balaban J connectivity index is 2.70. The molecule has 0 spiro atoms. The highest BCUT2D eigenvalue weighted by molar-refractivity contribution is 9.10. The van der Waals surface area contributed by atoms with Gasteiger partial charge >= 0.3 is 0 Å². The Kier molecular flexibility index (Phi) is 4.98. The van der Waals surface area contributed by atoms with E-state index >= 15 is 0 Å². The van der Waals surface area contributed by atoms with E-state index in [0.717, 1.165) is 34.6 Å². The van der Waals surface area contributed by atoms with Gasteiger partial charge in [-0.1, -0.05) is 6.92 Å². The summed E-state index contributed by atoms with van der Waals surface area (Å²) in [5.41, 5.74) is 7.83. The SMILES string of the molecule is CCc1nn(C)c(CSCCN)c1Br. The summed E-state index contributed by atoms with van der Waals surface area (Å²) in [7, 11) is 1.99. The highest BCUT2D eigenvalue weighted by atomic mass is 79.9. The minimum Gasteiger partial charge on any atom is -0.330 e. The third kappa shape index (κ3) is 2.74. The quantitative estimate of drug-likeness (QED) is 0.837. The molecule has 0 aliphatic rings. The molecule has 5 heteroatoms. The van der Waals surface area contributed by atoms with Crippen molar-refractivity contribution in [2.45, 2.75) is 19.1 Å². The Hall–Kier alpha value is -0.0000000000000000555. The van der Waals surface area contributed by atoms with Crippen LogP contribution >= 0.6 is 27.7 Å². The Bertz CT molecular complexity index is 298. The summed E-state index contributed by atoms with van der Waals surface area (Å²) >= 11 is 5.43. The van der Waals surface area contributed by atoms with Crippen molar-refractivity contribution in [1.82, 2.24) is 9.78 Å². The molecule has 2 N–H and O–H groups in total. The molecule has 1 aromatic rings. The summed E-state index contributed by atoms with van der Waals surface area (Å²) in [5, 5.41) is 4.43. The lowest BCUT2D eigenvalue weighted by Crippen LogP contribution is -2.03. The number of hydrogen-bond donors (Lipinski definition) is 1. The van der Waals surface area contributed by atoms with Gasteiger partial charge in [-0.15, -0.1) is 0 Å². The molecular formula is C9H16BrN3S. The van der Waals surface area contributed by atoms with E-state index in [1.54, 1.807) is 0 Å². The molecule has 0 atom stereocenters. The van der Waals surface area contributed by atoms with E-state index in [0.29, 0.717) is 0 Å². The summed E-state index contributed by atoms with van der Waals surface area (Å²) < 4.78 is 3.11. The van der Waals surface area contributed by atoms with Gasteiger partial charge in [0.1, 0.15) is 0 Å². The van der Waals surface area contributed by atoms with Crippen LogP contribution in [0.5, 0.6) is 0 Å². The number of thioether (sulfide) groups is 1. The van der Waals surface area contributed by atoms with Crippen LogP contribution in [-0.4, -0.2) is 22.1 Å². The lowest BCUT2D eigenvalue weighted by molar-refractivity contribution is 0.719. The fraction of sp³-hybridized carbons (Fsp3) is 0.667. The topological polar surface area (TPSA) is 43.8 Å². The molecule has 0 aliphatic heterocycles. The van der Waals surface area contributed by atoms with Gasteiger partial charge in [-0.05, 0) is 22.4 Å². The molecule has 0 aromatic carbocycles. The highest BCUT2D eigenvalue weighted by Crippen LogP contribution is 2.24. The molecule has 1 rings (SSSR count). The van der Waals surface area contributed by atoms with Gasteiger partial charge in [0.15, 0.2) is 0 Å². The van der Waals surface area contributed by atoms with Crippen molar-refractivity contribution in [2.75, 3.05) is 12.3 Å². The van der Waals surface area contributed by atoms with Crippen molar-refractivity contribution < 1.29 is 0 Å². The van der Waals surface area contributed by atoms with Crippen LogP contribution in [0.4, 0.5) is 0 Å². The zero-order chi connectivity index (χ0) is 10.6. The molecule has 0 saturated carbocycles. The maximum Gasteiger partial charge on any atom is 0.0767 e. The second kappa shape index (κ2) is 5.78. The Labute approximate surface area is 97.6 Å². The first-order chi connectivity index (χ1) is 6.70. The predicted molar refractivity (Wildman–Crippen MR) is 65.5 cm³/mol. The van der Waals surface area contributed by atoms with Crippen LogP contribution in [0.3, 0.4) is 0 Å². The Morgan fingerprint density at radius 2 is 2.29 bits per heavy atom. The predicted octanol–water partition coefficient (Wildman–Crippen LogP) is 1.94. The van der Waals surface area contributed by atoms with Crippen molar-refractivity contribution >= 4 is 27.7 Å². The average Bonchev–Trinajstić information content (AvgIpc) is 2.45. The standard InChI is InChI=1S/C9H16BrN3S/c1-3-7-9(10)8(13(2)12-7)6-14-5-4-11/h3-6,11H2,1-2H3. The van der Waals surface area contributed by atoms with E-state index in [4.69, 9.17) is 5.73 Å². The third-order valence-electron chi connectivity index (χ3n) is 2.00. The van der Waals surface area contributed by atoms with Gasteiger partial charge in [0.05, 0.1) is 15.9 Å². The molecule has 1 aromatic heterocycles. The molecule has 0 saturated heterocycles. The first kappa shape index (κ1) is 12.1. The fourth-order valence-electron chi connectivity index (χ4n) is 1.23. The maximum absolute atomic E-state index is 5.45. The molecule has 80 valence electrons. The van der Waals surface area contributed by atoms with E-state index < -0.39 is 0 Å². The lowest BCUT2D eigenvalue weighted by Gasteiger charge is -2.01. The van der Waals surface area contributed by atoms with Crippen LogP contribution in [0.1, 0.15) is 18.3 Å². The molecule has 0 unspecified atom stereocenters. The van der Waals surface area contributed by atoms with Gasteiger partial charge in [0.25, 0.3) is 0 Å². The van der Waals surface area contributed by atoms with Crippen LogP contribution in [-0.2, 0) is 19.2 Å². The van der Waals surface area contributed by atoms with Crippen LogP contribution in [0.25, 0.3) is 0 Å². The van der Waals surface area contributed by atoms with Gasteiger partial charge < -0.3 is 5.73 Å². The van der Waals surface area contributed by atoms with E-state index in [1.165, 1.54) is 5.69 Å². The summed E-state index contributed by atoms with van der Waals surface area (Å²) in [6.07, 6.45) is 0.968. The van der Waals surface area contributed by atoms with Crippen molar-refractivity contribution in [1.29, 1.82) is 0 Å².